The lowest BCUT2D eigenvalue weighted by molar-refractivity contribution is 0.122. The molecule has 3 aromatic heterocycles. The maximum atomic E-state index is 9.42. The normalized spacial score (nSPS) is 14.7. The van der Waals surface area contributed by atoms with Gasteiger partial charge in [-0.25, -0.2) is 4.98 Å². The van der Waals surface area contributed by atoms with Crippen LogP contribution < -0.4 is 15.5 Å². The van der Waals surface area contributed by atoms with Gasteiger partial charge in [0.15, 0.2) is 5.13 Å². The first kappa shape index (κ1) is 22.2. The van der Waals surface area contributed by atoms with Crippen LogP contribution in [0.25, 0.3) is 22.2 Å². The van der Waals surface area contributed by atoms with Crippen molar-refractivity contribution in [1.82, 2.24) is 25.1 Å². The van der Waals surface area contributed by atoms with Gasteiger partial charge in [-0.05, 0) is 19.1 Å². The van der Waals surface area contributed by atoms with E-state index in [4.69, 9.17) is 9.15 Å². The van der Waals surface area contributed by atoms with Crippen molar-refractivity contribution in [2.45, 2.75) is 13.0 Å². The molecule has 3 N–H and O–H groups in total. The van der Waals surface area contributed by atoms with E-state index in [2.05, 4.69) is 40.7 Å². The summed E-state index contributed by atoms with van der Waals surface area (Å²) >= 11 is 1.38. The monoisotopic (exact) mass is 480 g/mol. The van der Waals surface area contributed by atoms with Crippen LogP contribution in [0.1, 0.15) is 6.92 Å². The fourth-order valence-electron chi connectivity index (χ4n) is 3.34. The molecule has 1 aliphatic rings. The number of hydrogen-bond acceptors (Lipinski definition) is 12. The second-order valence-electron chi connectivity index (χ2n) is 7.70. The van der Waals surface area contributed by atoms with Crippen LogP contribution >= 0.6 is 11.3 Å². The molecule has 11 nitrogen and oxygen atoms in total. The van der Waals surface area contributed by atoms with Gasteiger partial charge in [-0.1, -0.05) is 29.5 Å². The predicted molar refractivity (Wildman–Crippen MR) is 129 cm³/mol. The number of hydrogen-bond donors (Lipinski definition) is 3. The molecule has 34 heavy (non-hydrogen) atoms. The maximum absolute atomic E-state index is 9.42. The van der Waals surface area contributed by atoms with Crippen molar-refractivity contribution in [3.05, 3.63) is 42.6 Å². The quantitative estimate of drug-likeness (QED) is 0.343. The van der Waals surface area contributed by atoms with Gasteiger partial charge in [-0.2, -0.15) is 9.97 Å². The van der Waals surface area contributed by atoms with Gasteiger partial charge in [0.25, 0.3) is 5.89 Å². The Balaban J connectivity index is 1.37. The van der Waals surface area contributed by atoms with Gasteiger partial charge in [0.1, 0.15) is 16.5 Å². The summed E-state index contributed by atoms with van der Waals surface area (Å²) in [5, 5.41) is 24.7. The number of nitrogens with zero attached hydrogens (tertiary/aromatic N) is 6. The van der Waals surface area contributed by atoms with Crippen molar-refractivity contribution >= 4 is 34.1 Å². The van der Waals surface area contributed by atoms with Crippen molar-refractivity contribution in [3.63, 3.8) is 0 Å². The van der Waals surface area contributed by atoms with Gasteiger partial charge < -0.3 is 29.8 Å². The average molecular weight is 481 g/mol. The van der Waals surface area contributed by atoms with Gasteiger partial charge in [0.2, 0.25) is 11.8 Å². The third-order valence-corrected chi connectivity index (χ3v) is 6.00. The number of aliphatic hydroxyl groups excluding tert-OH is 1. The molecule has 1 aromatic carbocycles. The van der Waals surface area contributed by atoms with E-state index in [1.807, 2.05) is 43.3 Å². The minimum absolute atomic E-state index is 0.0289. The summed E-state index contributed by atoms with van der Waals surface area (Å²) in [6.45, 7) is 4.61. The molecule has 176 valence electrons. The fraction of sp³-hybridized carbons (Fsp3) is 0.318. The third kappa shape index (κ3) is 5.14. The van der Waals surface area contributed by atoms with Crippen LogP contribution in [0.15, 0.2) is 47.0 Å². The minimum Gasteiger partial charge on any atom is -0.415 e. The first-order valence-electron chi connectivity index (χ1n) is 10.9. The molecule has 0 spiro atoms. The molecule has 0 saturated carbocycles. The first-order chi connectivity index (χ1) is 16.7. The topological polar surface area (TPSA) is 134 Å². The van der Waals surface area contributed by atoms with E-state index in [1.54, 1.807) is 6.20 Å². The average Bonchev–Trinajstić information content (AvgIpc) is 3.55. The van der Waals surface area contributed by atoms with Gasteiger partial charge in [0.05, 0.1) is 26.0 Å². The van der Waals surface area contributed by atoms with Crippen LogP contribution in [0.2, 0.25) is 0 Å². The van der Waals surface area contributed by atoms with Gasteiger partial charge in [0, 0.05) is 30.8 Å². The van der Waals surface area contributed by atoms with Crippen LogP contribution in [-0.4, -0.2) is 69.2 Å². The third-order valence-electron chi connectivity index (χ3n) is 5.09. The Kier molecular flexibility index (Phi) is 6.60. The highest BCUT2D eigenvalue weighted by Crippen LogP contribution is 2.32. The summed E-state index contributed by atoms with van der Waals surface area (Å²) < 4.78 is 11.3. The van der Waals surface area contributed by atoms with Gasteiger partial charge in [-0.3, -0.25) is 0 Å². The Morgan fingerprint density at radius 1 is 1.12 bits per heavy atom. The molecule has 0 amide bonds. The summed E-state index contributed by atoms with van der Waals surface area (Å²) in [4.78, 5) is 16.5. The van der Waals surface area contributed by atoms with Gasteiger partial charge in [-0.15, -0.1) is 10.2 Å². The molecule has 1 saturated heterocycles. The van der Waals surface area contributed by atoms with Crippen LogP contribution in [0.4, 0.5) is 22.7 Å². The second-order valence-corrected chi connectivity index (χ2v) is 8.73. The number of aromatic nitrogens is 5. The number of nitrogens with one attached hydrogen (secondary N) is 2. The number of rotatable bonds is 8. The van der Waals surface area contributed by atoms with E-state index in [9.17, 15) is 5.11 Å². The summed E-state index contributed by atoms with van der Waals surface area (Å²) in [6, 6.07) is 11.3. The van der Waals surface area contributed by atoms with Crippen molar-refractivity contribution in [1.29, 1.82) is 0 Å². The molecule has 1 fully saturated rings. The first-order valence-corrected chi connectivity index (χ1v) is 11.7. The molecule has 4 heterocycles. The summed E-state index contributed by atoms with van der Waals surface area (Å²) in [6.07, 6.45) is 1.69. The molecule has 0 aliphatic carbocycles. The lowest BCUT2D eigenvalue weighted by Gasteiger charge is -2.28. The summed E-state index contributed by atoms with van der Waals surface area (Å²) in [5.41, 5.74) is 0.859. The highest BCUT2D eigenvalue weighted by atomic mass is 32.1. The zero-order valence-corrected chi connectivity index (χ0v) is 19.3. The van der Waals surface area contributed by atoms with Crippen LogP contribution in [0, 0.1) is 0 Å². The molecule has 1 aliphatic heterocycles. The van der Waals surface area contributed by atoms with Crippen LogP contribution in [-0.2, 0) is 4.74 Å². The van der Waals surface area contributed by atoms with E-state index in [0.29, 0.717) is 41.9 Å². The zero-order chi connectivity index (χ0) is 23.3. The number of anilines is 4. The molecule has 0 bridgehead atoms. The predicted octanol–water partition coefficient (Wildman–Crippen LogP) is 3.02. The largest absolute Gasteiger partial charge is 0.415 e. The van der Waals surface area contributed by atoms with Crippen molar-refractivity contribution in [2.75, 3.05) is 48.4 Å². The number of benzene rings is 1. The van der Waals surface area contributed by atoms with Crippen LogP contribution in [0.5, 0.6) is 0 Å². The van der Waals surface area contributed by atoms with E-state index >= 15 is 0 Å². The van der Waals surface area contributed by atoms with E-state index in [1.165, 1.54) is 11.3 Å². The highest BCUT2D eigenvalue weighted by molar-refractivity contribution is 7.18. The van der Waals surface area contributed by atoms with E-state index in [0.717, 1.165) is 29.3 Å². The van der Waals surface area contributed by atoms with E-state index in [-0.39, 0.29) is 12.6 Å². The van der Waals surface area contributed by atoms with Crippen molar-refractivity contribution < 1.29 is 14.3 Å². The lowest BCUT2D eigenvalue weighted by Crippen LogP contribution is -2.37. The SMILES string of the molecule is C[C@H](CO)Nc1nc(Nc2ncc(-c3nnc(-c4ccccc4)o3)s2)cc(N2CCOCC2)n1. The molecular weight excluding hydrogens is 456 g/mol. The Morgan fingerprint density at radius 3 is 2.71 bits per heavy atom. The second kappa shape index (κ2) is 10.1. The lowest BCUT2D eigenvalue weighted by atomic mass is 10.2. The van der Waals surface area contributed by atoms with Crippen molar-refractivity contribution in [3.8, 4) is 22.2 Å². The number of morpholine rings is 1. The molecule has 1 atom stereocenters. The molecular formula is C22H24N8O3S. The Hall–Kier alpha value is -3.61. The Bertz CT molecular complexity index is 1230. The molecule has 0 radical (unpaired) electrons. The van der Waals surface area contributed by atoms with Gasteiger partial charge >= 0.3 is 0 Å². The molecule has 4 aromatic rings. The maximum Gasteiger partial charge on any atom is 0.259 e. The molecule has 0 unspecified atom stereocenters. The number of aliphatic hydroxyl groups is 1. The Labute approximate surface area is 199 Å². The van der Waals surface area contributed by atoms with Crippen molar-refractivity contribution in [2.24, 2.45) is 0 Å². The summed E-state index contributed by atoms with van der Waals surface area (Å²) in [5.74, 6) is 2.64. The van der Waals surface area contributed by atoms with E-state index < -0.39 is 0 Å². The number of ether oxygens (including phenoxy) is 1. The number of thiazole rings is 1. The standard InChI is InChI=1S/C22H24N8O3S/c1-14(13-31)24-21-25-17(11-18(27-21)30-7-9-32-10-8-30)26-22-23-12-16(34-22)20-29-28-19(33-20)15-5-3-2-4-6-15/h2-6,11-12,14,31H,7-10,13H2,1H3,(H2,23,24,25,26,27)/t14-/m1/s1. The highest BCUT2D eigenvalue weighted by Gasteiger charge is 2.18. The minimum atomic E-state index is -0.185. The Morgan fingerprint density at radius 2 is 1.91 bits per heavy atom. The van der Waals surface area contributed by atoms with Crippen LogP contribution in [0.3, 0.4) is 0 Å². The molecule has 5 rings (SSSR count). The fourth-order valence-corrected chi connectivity index (χ4v) is 4.09. The smallest absolute Gasteiger partial charge is 0.259 e. The zero-order valence-electron chi connectivity index (χ0n) is 18.5. The molecule has 12 heteroatoms. The summed E-state index contributed by atoms with van der Waals surface area (Å²) in [7, 11) is 0.